The number of nitrogen functional groups attached to an aromatic ring is 1. The average molecular weight is 589 g/mol. The van der Waals surface area contributed by atoms with E-state index in [2.05, 4.69) is 15.4 Å². The smallest absolute Gasteiger partial charge is 0.543 e. The summed E-state index contributed by atoms with van der Waals surface area (Å²) in [7, 11) is -4.92. The van der Waals surface area contributed by atoms with Crippen molar-refractivity contribution < 1.29 is 62.0 Å². The summed E-state index contributed by atoms with van der Waals surface area (Å²) in [5.74, 6) is -2.28. The number of amides is 2. The first-order valence-corrected chi connectivity index (χ1v) is 14.8. The number of aromatic nitrogens is 1. The molecule has 0 spiro atoms. The third-order valence-corrected chi connectivity index (χ3v) is 10.0. The van der Waals surface area contributed by atoms with Crippen LogP contribution >= 0.6 is 46.8 Å². The zero-order valence-electron chi connectivity index (χ0n) is 18.2. The number of β-lactam (4-membered cyclic amide) rings is 1. The Balaban J connectivity index is 0.00000342. The van der Waals surface area contributed by atoms with Crippen molar-refractivity contribution in [2.45, 2.75) is 23.6 Å². The van der Waals surface area contributed by atoms with E-state index in [1.54, 1.807) is 16.2 Å². The molecular weight excluding hydrogens is 572 g/mol. The molecule has 184 valence electrons. The van der Waals surface area contributed by atoms with Gasteiger partial charge in [0.2, 0.25) is 11.2 Å². The summed E-state index contributed by atoms with van der Waals surface area (Å²) in [6.45, 7) is 1.86. The number of hydrogen-bond acceptors (Lipinski definition) is 14. The number of thiazole rings is 1. The Labute approximate surface area is 238 Å². The van der Waals surface area contributed by atoms with Crippen LogP contribution in [0, 0.1) is 0 Å². The monoisotopic (exact) mass is 588 g/mol. The van der Waals surface area contributed by atoms with Gasteiger partial charge in [0.05, 0.1) is 28.3 Å². The molecule has 1 aromatic heterocycles. The van der Waals surface area contributed by atoms with E-state index in [0.717, 1.165) is 21.3 Å². The summed E-state index contributed by atoms with van der Waals surface area (Å²) in [5, 5.41) is 17.7. The summed E-state index contributed by atoms with van der Waals surface area (Å²) in [6, 6.07) is -1.19. The predicted octanol–water partition coefficient (Wildman–Crippen LogP) is -3.95. The van der Waals surface area contributed by atoms with E-state index in [1.807, 2.05) is 6.92 Å². The van der Waals surface area contributed by atoms with E-state index in [0.29, 0.717) is 11.4 Å². The van der Waals surface area contributed by atoms with Gasteiger partial charge in [-0.05, 0) is 24.4 Å². The average Bonchev–Trinajstić information content (AvgIpc) is 3.36. The van der Waals surface area contributed by atoms with Gasteiger partial charge in [0.15, 0.2) is 5.13 Å². The topological polar surface area (TPSA) is 198 Å². The molecule has 3 aliphatic heterocycles. The van der Waals surface area contributed by atoms with Crippen molar-refractivity contribution in [2.75, 3.05) is 23.1 Å². The summed E-state index contributed by atoms with van der Waals surface area (Å²) >= 11 is 4.96. The zero-order chi connectivity index (χ0) is 24.8. The van der Waals surface area contributed by atoms with Crippen LogP contribution in [-0.4, -0.2) is 78.9 Å². The quantitative estimate of drug-likeness (QED) is 0.115. The Morgan fingerprint density at radius 3 is 2.71 bits per heavy atom. The maximum Gasteiger partial charge on any atom is 1.00 e. The fourth-order valence-electron chi connectivity index (χ4n) is 3.44. The molecule has 19 heteroatoms. The van der Waals surface area contributed by atoms with Crippen molar-refractivity contribution in [3.63, 3.8) is 0 Å². The predicted molar refractivity (Wildman–Crippen MR) is 128 cm³/mol. The maximum atomic E-state index is 12.8. The molecule has 0 aliphatic carbocycles. The minimum Gasteiger partial charge on any atom is -0.543 e. The summed E-state index contributed by atoms with van der Waals surface area (Å²) < 4.78 is 34.9. The molecule has 35 heavy (non-hydrogen) atoms. The van der Waals surface area contributed by atoms with Gasteiger partial charge in [-0.25, -0.2) is 9.40 Å². The van der Waals surface area contributed by atoms with Gasteiger partial charge in [0.1, 0.15) is 11.4 Å². The van der Waals surface area contributed by atoms with Gasteiger partial charge in [-0.2, -0.15) is 13.5 Å². The van der Waals surface area contributed by atoms with Crippen LogP contribution in [0.4, 0.5) is 5.13 Å². The molecule has 13 nitrogen and oxygen atoms in total. The van der Waals surface area contributed by atoms with Crippen molar-refractivity contribution in [1.82, 2.24) is 19.6 Å². The van der Waals surface area contributed by atoms with Gasteiger partial charge >= 0.3 is 29.6 Å². The third-order valence-electron chi connectivity index (χ3n) is 4.91. The molecule has 0 saturated carbocycles. The molecule has 2 unspecified atom stereocenters. The van der Waals surface area contributed by atoms with E-state index in [9.17, 15) is 32.5 Å². The molecule has 0 bridgehead atoms. The Morgan fingerprint density at radius 2 is 2.17 bits per heavy atom. The van der Waals surface area contributed by atoms with Gasteiger partial charge in [0.25, 0.3) is 16.0 Å². The number of nitrogens with one attached hydrogen (secondary N) is 1. The number of nitrogens with zero attached hydrogens (tertiary/aromatic N) is 4. The molecule has 1 aromatic rings. The van der Waals surface area contributed by atoms with E-state index >= 15 is 0 Å². The van der Waals surface area contributed by atoms with E-state index in [1.165, 1.54) is 29.1 Å². The SMILES string of the molecule is CC1=NN(SCC2=C(C(=O)[O-])N3C(=O)C(NC(=O)C(c4csc(N)n4)S(=O)(=O)O)[C@H]3SC2)CS1.[Na+]. The van der Waals surface area contributed by atoms with Gasteiger partial charge in [-0.3, -0.25) is 19.0 Å². The van der Waals surface area contributed by atoms with Gasteiger partial charge in [-0.1, -0.05) is 11.8 Å². The van der Waals surface area contributed by atoms with Crippen LogP contribution in [0.1, 0.15) is 17.9 Å². The molecule has 0 radical (unpaired) electrons. The Bertz CT molecular complexity index is 1220. The van der Waals surface area contributed by atoms with E-state index in [4.69, 9.17) is 5.73 Å². The van der Waals surface area contributed by atoms with Crippen molar-refractivity contribution >= 4 is 84.9 Å². The van der Waals surface area contributed by atoms with Gasteiger partial charge in [-0.15, -0.1) is 23.1 Å². The summed E-state index contributed by atoms with van der Waals surface area (Å²) in [5.41, 5.74) is 5.42. The first kappa shape index (κ1) is 28.6. The van der Waals surface area contributed by atoms with Crippen molar-refractivity contribution in [2.24, 2.45) is 5.10 Å². The van der Waals surface area contributed by atoms with Crippen LogP contribution in [0.5, 0.6) is 0 Å². The van der Waals surface area contributed by atoms with Crippen LogP contribution in [0.2, 0.25) is 0 Å². The molecule has 4 rings (SSSR count). The van der Waals surface area contributed by atoms with Crippen LogP contribution < -0.4 is 45.7 Å². The number of thioether (sulfide) groups is 2. The molecule has 1 saturated heterocycles. The van der Waals surface area contributed by atoms with Crippen LogP contribution in [-0.2, 0) is 24.5 Å². The van der Waals surface area contributed by atoms with Crippen LogP contribution in [0.15, 0.2) is 21.8 Å². The van der Waals surface area contributed by atoms with Crippen LogP contribution in [0.25, 0.3) is 0 Å². The van der Waals surface area contributed by atoms with E-state index in [-0.39, 0.29) is 57.6 Å². The molecule has 4 N–H and O–H groups in total. The second kappa shape index (κ2) is 11.2. The molecule has 2 amide bonds. The second-order valence-electron chi connectivity index (χ2n) is 7.16. The Hall–Kier alpha value is -0.990. The molecule has 0 aromatic carbocycles. The molecule has 3 atom stereocenters. The molecular formula is C16H17N6NaO7S5. The number of carboxylic acid groups (broad SMARTS) is 1. The number of fused-ring (bicyclic) bond motifs is 1. The van der Waals surface area contributed by atoms with Gasteiger partial charge < -0.3 is 21.0 Å². The Kier molecular flexibility index (Phi) is 9.13. The first-order chi connectivity index (χ1) is 16.0. The molecule has 3 aliphatic rings. The van der Waals surface area contributed by atoms with Crippen molar-refractivity contribution in [3.05, 3.63) is 22.3 Å². The minimum atomic E-state index is -4.92. The zero-order valence-corrected chi connectivity index (χ0v) is 24.3. The number of carbonyl (C=O) groups excluding carboxylic acids is 3. The second-order valence-corrected chi connectivity index (χ2v) is 12.8. The molecule has 1 fully saturated rings. The van der Waals surface area contributed by atoms with Crippen molar-refractivity contribution in [1.29, 1.82) is 0 Å². The first-order valence-electron chi connectivity index (χ1n) is 9.41. The van der Waals surface area contributed by atoms with Gasteiger partial charge in [0, 0.05) is 16.9 Å². The number of carbonyl (C=O) groups is 3. The normalized spacial score (nSPS) is 22.7. The number of rotatable bonds is 8. The van der Waals surface area contributed by atoms with Crippen LogP contribution in [0.3, 0.4) is 0 Å². The maximum absolute atomic E-state index is 12.8. The molecule has 4 heterocycles. The number of hydrazone groups is 1. The number of anilines is 1. The van der Waals surface area contributed by atoms with Crippen molar-refractivity contribution in [3.8, 4) is 0 Å². The number of aliphatic carboxylic acids is 1. The number of carboxylic acids is 1. The third kappa shape index (κ3) is 5.96. The number of hydrogen-bond donors (Lipinski definition) is 3. The number of nitrogens with two attached hydrogens (primary N) is 1. The largest absolute Gasteiger partial charge is 1.00 e. The fraction of sp³-hybridized carbons (Fsp3) is 0.438. The fourth-order valence-corrected chi connectivity index (χ4v) is 8.09. The summed E-state index contributed by atoms with van der Waals surface area (Å²) in [6.07, 6.45) is 0. The standard InChI is InChI=1S/C16H18N6O7S5.Na/c1-6-20-21(5-32-6)33-3-7-2-30-14-9(13(24)22(14)10(7)15(25)26)19-12(23)11(34(27,28)29)8-4-31-16(17)18-8;/h4,9,11,14H,2-3,5H2,1H3,(H2,17,18)(H,19,23)(H,25,26)(H,27,28,29);/q;+1/p-1/t9?,11?,14-;/m1./s1. The summed E-state index contributed by atoms with van der Waals surface area (Å²) in [4.78, 5) is 42.1. The Morgan fingerprint density at radius 1 is 1.46 bits per heavy atom. The van der Waals surface area contributed by atoms with E-state index < -0.39 is 44.6 Å². The minimum absolute atomic E-state index is 0.